The summed E-state index contributed by atoms with van der Waals surface area (Å²) in [5, 5.41) is 12.3. The van der Waals surface area contributed by atoms with E-state index in [-0.39, 0.29) is 5.91 Å². The van der Waals surface area contributed by atoms with E-state index in [1.165, 1.54) is 0 Å². The van der Waals surface area contributed by atoms with E-state index in [2.05, 4.69) is 37.1 Å². The van der Waals surface area contributed by atoms with Crippen LogP contribution < -0.4 is 5.32 Å². The first-order valence-electron chi connectivity index (χ1n) is 9.50. The standard InChI is InChI=1S/C22H26N4O/c1-15(2)25-21-12-19(6-4-16(21)3)22(27)26-10-8-18(9-11-26)20-7-5-17(13-23)14-24-20/h4-7,12,14-15,18,25H,8-11H2,1-3H3. The lowest BCUT2D eigenvalue weighted by molar-refractivity contribution is 0.0712. The Morgan fingerprint density at radius 3 is 2.59 bits per heavy atom. The SMILES string of the molecule is Cc1ccc(C(=O)N2CCC(c3ccc(C#N)cn3)CC2)cc1NC(C)C. The summed E-state index contributed by atoms with van der Waals surface area (Å²) in [5.74, 6) is 0.436. The van der Waals surface area contributed by atoms with Crippen LogP contribution in [0.1, 0.15) is 59.8 Å². The Bertz CT molecular complexity index is 844. The van der Waals surface area contributed by atoms with Crippen LogP contribution in [0.4, 0.5) is 5.69 Å². The zero-order valence-electron chi connectivity index (χ0n) is 16.2. The fourth-order valence-corrected chi connectivity index (χ4v) is 3.50. The number of pyridine rings is 1. The number of aromatic nitrogens is 1. The van der Waals surface area contributed by atoms with Crippen molar-refractivity contribution in [1.82, 2.24) is 9.88 Å². The van der Waals surface area contributed by atoms with Crippen molar-refractivity contribution in [2.45, 2.75) is 45.6 Å². The Kier molecular flexibility index (Phi) is 5.75. The molecule has 1 aromatic carbocycles. The predicted molar refractivity (Wildman–Crippen MR) is 107 cm³/mol. The van der Waals surface area contributed by atoms with Gasteiger partial charge in [0, 0.05) is 48.2 Å². The van der Waals surface area contributed by atoms with E-state index in [0.29, 0.717) is 17.5 Å². The van der Waals surface area contributed by atoms with Crippen LogP contribution >= 0.6 is 0 Å². The molecular formula is C22H26N4O. The highest BCUT2D eigenvalue weighted by Crippen LogP contribution is 2.28. The van der Waals surface area contributed by atoms with Crippen molar-refractivity contribution in [2.24, 2.45) is 0 Å². The zero-order valence-corrected chi connectivity index (χ0v) is 16.2. The minimum absolute atomic E-state index is 0.0908. The molecule has 2 aromatic rings. The largest absolute Gasteiger partial charge is 0.383 e. The summed E-state index contributed by atoms with van der Waals surface area (Å²) in [6.07, 6.45) is 3.42. The van der Waals surface area contributed by atoms with Gasteiger partial charge in [-0.25, -0.2) is 0 Å². The van der Waals surface area contributed by atoms with E-state index >= 15 is 0 Å². The van der Waals surface area contributed by atoms with Gasteiger partial charge in [0.25, 0.3) is 5.91 Å². The average molecular weight is 362 g/mol. The van der Waals surface area contributed by atoms with Crippen molar-refractivity contribution in [3.8, 4) is 6.07 Å². The highest BCUT2D eigenvalue weighted by Gasteiger charge is 2.25. The van der Waals surface area contributed by atoms with E-state index in [4.69, 9.17) is 5.26 Å². The van der Waals surface area contributed by atoms with E-state index < -0.39 is 0 Å². The molecule has 1 fully saturated rings. The van der Waals surface area contributed by atoms with E-state index in [1.807, 2.05) is 35.2 Å². The Hall–Kier alpha value is -2.87. The van der Waals surface area contributed by atoms with Crippen molar-refractivity contribution in [2.75, 3.05) is 18.4 Å². The van der Waals surface area contributed by atoms with Gasteiger partial charge in [-0.1, -0.05) is 6.07 Å². The Morgan fingerprint density at radius 2 is 2.00 bits per heavy atom. The maximum Gasteiger partial charge on any atom is 0.253 e. The second-order valence-electron chi connectivity index (χ2n) is 7.48. The highest BCUT2D eigenvalue weighted by atomic mass is 16.2. The summed E-state index contributed by atoms with van der Waals surface area (Å²) in [4.78, 5) is 19.3. The number of likely N-dealkylation sites (tertiary alicyclic amines) is 1. The first kappa shape index (κ1) is 18.9. The van der Waals surface area contributed by atoms with Crippen molar-refractivity contribution in [3.05, 3.63) is 58.9 Å². The molecule has 0 radical (unpaired) electrons. The molecule has 0 bridgehead atoms. The first-order chi connectivity index (χ1) is 13.0. The molecule has 1 N–H and O–H groups in total. The van der Waals surface area contributed by atoms with Crippen LogP contribution in [-0.2, 0) is 0 Å². The smallest absolute Gasteiger partial charge is 0.253 e. The van der Waals surface area contributed by atoms with Crippen LogP contribution in [0.3, 0.4) is 0 Å². The molecule has 27 heavy (non-hydrogen) atoms. The molecule has 0 aliphatic carbocycles. The lowest BCUT2D eigenvalue weighted by atomic mass is 9.92. The summed E-state index contributed by atoms with van der Waals surface area (Å²) in [5.41, 5.74) is 4.49. The average Bonchev–Trinajstić information content (AvgIpc) is 2.69. The number of carbonyl (C=O) groups is 1. The van der Waals surface area contributed by atoms with Crippen molar-refractivity contribution in [3.63, 3.8) is 0 Å². The summed E-state index contributed by atoms with van der Waals surface area (Å²) in [6.45, 7) is 7.69. The second-order valence-corrected chi connectivity index (χ2v) is 7.48. The normalized spacial score (nSPS) is 14.9. The van der Waals surface area contributed by atoms with Crippen molar-refractivity contribution in [1.29, 1.82) is 5.26 Å². The van der Waals surface area contributed by atoms with Crippen LogP contribution in [0.2, 0.25) is 0 Å². The van der Waals surface area contributed by atoms with E-state index in [1.54, 1.807) is 6.20 Å². The number of nitrogens with one attached hydrogen (secondary N) is 1. The molecule has 0 saturated carbocycles. The van der Waals surface area contributed by atoms with Gasteiger partial charge < -0.3 is 10.2 Å². The minimum atomic E-state index is 0.0908. The summed E-state index contributed by atoms with van der Waals surface area (Å²) < 4.78 is 0. The number of hydrogen-bond acceptors (Lipinski definition) is 4. The molecule has 1 amide bonds. The number of benzene rings is 1. The van der Waals surface area contributed by atoms with Gasteiger partial charge in [0.15, 0.2) is 0 Å². The summed E-state index contributed by atoms with van der Waals surface area (Å²) in [6, 6.07) is 12.1. The number of rotatable bonds is 4. The Labute approximate surface area is 161 Å². The maximum absolute atomic E-state index is 12.9. The van der Waals surface area contributed by atoms with Crippen LogP contribution in [0.15, 0.2) is 36.5 Å². The third-order valence-corrected chi connectivity index (χ3v) is 5.04. The lowest BCUT2D eigenvalue weighted by Crippen LogP contribution is -2.38. The van der Waals surface area contributed by atoms with E-state index in [0.717, 1.165) is 48.4 Å². The molecule has 3 rings (SSSR count). The van der Waals surface area contributed by atoms with Gasteiger partial charge >= 0.3 is 0 Å². The first-order valence-corrected chi connectivity index (χ1v) is 9.50. The van der Waals surface area contributed by atoms with Gasteiger partial charge in [0.2, 0.25) is 0 Å². The van der Waals surface area contributed by atoms with Gasteiger partial charge in [0.1, 0.15) is 6.07 Å². The molecule has 5 nitrogen and oxygen atoms in total. The number of aryl methyl sites for hydroxylation is 1. The number of piperidine rings is 1. The number of nitriles is 1. The minimum Gasteiger partial charge on any atom is -0.383 e. The summed E-state index contributed by atoms with van der Waals surface area (Å²) >= 11 is 0. The van der Waals surface area contributed by atoms with Crippen LogP contribution in [0.25, 0.3) is 0 Å². The monoisotopic (exact) mass is 362 g/mol. The molecule has 1 aromatic heterocycles. The summed E-state index contributed by atoms with van der Waals surface area (Å²) in [7, 11) is 0. The van der Waals surface area contributed by atoms with Crippen LogP contribution in [-0.4, -0.2) is 34.9 Å². The van der Waals surface area contributed by atoms with Gasteiger partial charge in [-0.3, -0.25) is 9.78 Å². The van der Waals surface area contributed by atoms with Crippen LogP contribution in [0, 0.1) is 18.3 Å². The fourth-order valence-electron chi connectivity index (χ4n) is 3.50. The lowest BCUT2D eigenvalue weighted by Gasteiger charge is -2.32. The Morgan fingerprint density at radius 1 is 1.26 bits per heavy atom. The van der Waals surface area contributed by atoms with Crippen molar-refractivity contribution < 1.29 is 4.79 Å². The maximum atomic E-state index is 12.9. The van der Waals surface area contributed by atoms with Crippen molar-refractivity contribution >= 4 is 11.6 Å². The molecule has 2 heterocycles. The highest BCUT2D eigenvalue weighted by molar-refractivity contribution is 5.95. The molecule has 5 heteroatoms. The number of hydrogen-bond donors (Lipinski definition) is 1. The third-order valence-electron chi connectivity index (χ3n) is 5.04. The number of anilines is 1. The Balaban J connectivity index is 1.65. The second kappa shape index (κ2) is 8.22. The van der Waals surface area contributed by atoms with Gasteiger partial charge in [-0.2, -0.15) is 5.26 Å². The van der Waals surface area contributed by atoms with Crippen LogP contribution in [0.5, 0.6) is 0 Å². The van der Waals surface area contributed by atoms with Gasteiger partial charge in [-0.15, -0.1) is 0 Å². The molecule has 0 atom stereocenters. The molecule has 1 aliphatic heterocycles. The predicted octanol–water partition coefficient (Wildman–Crippen LogP) is 4.10. The van der Waals surface area contributed by atoms with Gasteiger partial charge in [0.05, 0.1) is 5.56 Å². The number of carbonyl (C=O) groups excluding carboxylic acids is 1. The number of amides is 1. The fraction of sp³-hybridized carbons (Fsp3) is 0.409. The number of nitrogens with zero attached hydrogens (tertiary/aromatic N) is 3. The molecule has 0 unspecified atom stereocenters. The van der Waals surface area contributed by atoms with Gasteiger partial charge in [-0.05, 0) is 63.4 Å². The molecule has 0 spiro atoms. The third kappa shape index (κ3) is 4.46. The quantitative estimate of drug-likeness (QED) is 0.889. The molecule has 1 aliphatic rings. The molecule has 1 saturated heterocycles. The zero-order chi connectivity index (χ0) is 19.4. The van der Waals surface area contributed by atoms with E-state index in [9.17, 15) is 4.79 Å². The molecular weight excluding hydrogens is 336 g/mol. The molecule has 140 valence electrons. The topological polar surface area (TPSA) is 69.0 Å².